The summed E-state index contributed by atoms with van der Waals surface area (Å²) in [5.41, 5.74) is 1.50. The zero-order valence-electron chi connectivity index (χ0n) is 17.8. The molecule has 9 nitrogen and oxygen atoms in total. The standard InChI is InChI=1S/C23H26N4O5/c1-30-12-11-24-22(28)15-27-14-19(13-25-27)26-23(29)17-32-21-10-6-5-9-20(21)31-16-18-7-3-2-4-8-18/h2-10,13-14H,11-12,15-17H2,1H3,(H,24,28)(H,26,29). The lowest BCUT2D eigenvalue weighted by molar-refractivity contribution is -0.122. The van der Waals surface area contributed by atoms with Crippen molar-refractivity contribution in [3.05, 3.63) is 72.6 Å². The number of rotatable bonds is 12. The zero-order valence-corrected chi connectivity index (χ0v) is 17.8. The minimum atomic E-state index is -0.355. The van der Waals surface area contributed by atoms with Gasteiger partial charge in [0.25, 0.3) is 5.91 Å². The summed E-state index contributed by atoms with van der Waals surface area (Å²) < 4.78 is 17.8. The van der Waals surface area contributed by atoms with Gasteiger partial charge in [-0.05, 0) is 17.7 Å². The summed E-state index contributed by atoms with van der Waals surface area (Å²) in [5, 5.41) is 9.47. The van der Waals surface area contributed by atoms with Crippen LogP contribution in [0.5, 0.6) is 11.5 Å². The van der Waals surface area contributed by atoms with E-state index in [4.69, 9.17) is 14.2 Å². The van der Waals surface area contributed by atoms with Crippen LogP contribution in [0.3, 0.4) is 0 Å². The van der Waals surface area contributed by atoms with Gasteiger partial charge in [0.1, 0.15) is 13.2 Å². The number of benzene rings is 2. The Kier molecular flexibility index (Phi) is 8.64. The van der Waals surface area contributed by atoms with E-state index < -0.39 is 0 Å². The summed E-state index contributed by atoms with van der Waals surface area (Å²) in [6.45, 7) is 1.10. The van der Waals surface area contributed by atoms with E-state index in [1.54, 1.807) is 25.4 Å². The molecule has 32 heavy (non-hydrogen) atoms. The van der Waals surface area contributed by atoms with E-state index in [1.807, 2.05) is 42.5 Å². The van der Waals surface area contributed by atoms with Crippen LogP contribution in [-0.4, -0.2) is 48.5 Å². The van der Waals surface area contributed by atoms with Crippen molar-refractivity contribution < 1.29 is 23.8 Å². The normalized spacial score (nSPS) is 10.4. The number of nitrogens with zero attached hydrogens (tertiary/aromatic N) is 2. The van der Waals surface area contributed by atoms with Crippen molar-refractivity contribution in [2.45, 2.75) is 13.2 Å². The molecule has 0 atom stereocenters. The number of carbonyl (C=O) groups excluding carboxylic acids is 2. The van der Waals surface area contributed by atoms with Gasteiger partial charge in [0.05, 0.1) is 18.5 Å². The third-order valence-corrected chi connectivity index (χ3v) is 4.30. The highest BCUT2D eigenvalue weighted by atomic mass is 16.5. The van der Waals surface area contributed by atoms with E-state index in [2.05, 4.69) is 15.7 Å². The first-order chi connectivity index (χ1) is 15.6. The Morgan fingerprint density at radius 3 is 2.44 bits per heavy atom. The third-order valence-electron chi connectivity index (χ3n) is 4.30. The monoisotopic (exact) mass is 438 g/mol. The highest BCUT2D eigenvalue weighted by Crippen LogP contribution is 2.27. The summed E-state index contributed by atoms with van der Waals surface area (Å²) >= 11 is 0. The predicted molar refractivity (Wildman–Crippen MR) is 118 cm³/mol. The van der Waals surface area contributed by atoms with E-state index in [0.717, 1.165) is 5.56 Å². The molecule has 0 aliphatic heterocycles. The zero-order chi connectivity index (χ0) is 22.6. The van der Waals surface area contributed by atoms with Crippen LogP contribution in [0.4, 0.5) is 5.69 Å². The number of hydrogen-bond acceptors (Lipinski definition) is 6. The molecule has 0 bridgehead atoms. The topological polar surface area (TPSA) is 104 Å². The molecule has 9 heteroatoms. The number of ether oxygens (including phenoxy) is 3. The van der Waals surface area contributed by atoms with E-state index in [-0.39, 0.29) is 25.0 Å². The van der Waals surface area contributed by atoms with Gasteiger partial charge in [-0.3, -0.25) is 14.3 Å². The number of methoxy groups -OCH3 is 1. The van der Waals surface area contributed by atoms with Crippen molar-refractivity contribution in [1.82, 2.24) is 15.1 Å². The molecule has 0 radical (unpaired) electrons. The highest BCUT2D eigenvalue weighted by Gasteiger charge is 2.10. The maximum absolute atomic E-state index is 12.3. The molecule has 0 aliphatic rings. The molecule has 0 aliphatic carbocycles. The number of aromatic nitrogens is 2. The molecule has 3 aromatic rings. The number of nitrogens with one attached hydrogen (secondary N) is 2. The summed E-state index contributed by atoms with van der Waals surface area (Å²) in [4.78, 5) is 24.1. The Morgan fingerprint density at radius 2 is 1.69 bits per heavy atom. The molecule has 0 saturated heterocycles. The van der Waals surface area contributed by atoms with Crippen molar-refractivity contribution >= 4 is 17.5 Å². The number of carbonyl (C=O) groups is 2. The minimum Gasteiger partial charge on any atom is -0.485 e. The fourth-order valence-electron chi connectivity index (χ4n) is 2.77. The van der Waals surface area contributed by atoms with Gasteiger partial charge in [-0.15, -0.1) is 0 Å². The molecule has 0 saturated carbocycles. The van der Waals surface area contributed by atoms with Gasteiger partial charge < -0.3 is 24.8 Å². The van der Waals surface area contributed by atoms with Crippen LogP contribution in [0.15, 0.2) is 67.0 Å². The lowest BCUT2D eigenvalue weighted by atomic mass is 10.2. The number of amides is 2. The summed E-state index contributed by atoms with van der Waals surface area (Å²) in [6, 6.07) is 17.0. The number of anilines is 1. The first kappa shape index (κ1) is 22.8. The maximum Gasteiger partial charge on any atom is 0.262 e. The minimum absolute atomic E-state index is 0.0439. The second-order valence-corrected chi connectivity index (χ2v) is 6.83. The fourth-order valence-corrected chi connectivity index (χ4v) is 2.77. The molecule has 0 fully saturated rings. The Morgan fingerprint density at radius 1 is 0.969 bits per heavy atom. The first-order valence-corrected chi connectivity index (χ1v) is 10.1. The molecule has 0 unspecified atom stereocenters. The Hall–Kier alpha value is -3.85. The summed E-state index contributed by atoms with van der Waals surface area (Å²) in [5.74, 6) is 0.476. The van der Waals surface area contributed by atoms with Crippen molar-refractivity contribution in [3.63, 3.8) is 0 Å². The van der Waals surface area contributed by atoms with Gasteiger partial charge in [-0.2, -0.15) is 5.10 Å². The molecule has 168 valence electrons. The van der Waals surface area contributed by atoms with Crippen molar-refractivity contribution in [2.75, 3.05) is 32.2 Å². The smallest absolute Gasteiger partial charge is 0.262 e. The van der Waals surface area contributed by atoms with Crippen LogP contribution >= 0.6 is 0 Å². The third kappa shape index (κ3) is 7.44. The van der Waals surface area contributed by atoms with Crippen LogP contribution < -0.4 is 20.1 Å². The Balaban J connectivity index is 1.46. The van der Waals surface area contributed by atoms with Crippen molar-refractivity contribution in [3.8, 4) is 11.5 Å². The van der Waals surface area contributed by atoms with Gasteiger partial charge in [0.15, 0.2) is 18.1 Å². The van der Waals surface area contributed by atoms with Gasteiger partial charge >= 0.3 is 0 Å². The van der Waals surface area contributed by atoms with Gasteiger partial charge in [0, 0.05) is 19.9 Å². The van der Waals surface area contributed by atoms with Gasteiger partial charge in [-0.25, -0.2) is 0 Å². The van der Waals surface area contributed by atoms with Crippen LogP contribution in [0.2, 0.25) is 0 Å². The van der Waals surface area contributed by atoms with Crippen LogP contribution in [0, 0.1) is 0 Å². The SMILES string of the molecule is COCCNC(=O)Cn1cc(NC(=O)COc2ccccc2OCc2ccccc2)cn1. The molecule has 3 rings (SSSR count). The highest BCUT2D eigenvalue weighted by molar-refractivity contribution is 5.91. The second-order valence-electron chi connectivity index (χ2n) is 6.83. The molecule has 2 amide bonds. The van der Waals surface area contributed by atoms with E-state index >= 15 is 0 Å². The largest absolute Gasteiger partial charge is 0.485 e. The Labute approximate surface area is 186 Å². The second kappa shape index (κ2) is 12.1. The van der Waals surface area contributed by atoms with Crippen LogP contribution in [-0.2, 0) is 27.5 Å². The molecular weight excluding hydrogens is 412 g/mol. The fraction of sp³-hybridized carbons (Fsp3) is 0.261. The number of para-hydroxylation sites is 2. The van der Waals surface area contributed by atoms with E-state index in [1.165, 1.54) is 10.9 Å². The number of hydrogen-bond donors (Lipinski definition) is 2. The average molecular weight is 438 g/mol. The molecule has 2 N–H and O–H groups in total. The molecule has 1 heterocycles. The predicted octanol–water partition coefficient (Wildman–Crippen LogP) is 2.24. The van der Waals surface area contributed by atoms with Crippen molar-refractivity contribution in [1.29, 1.82) is 0 Å². The van der Waals surface area contributed by atoms with Crippen LogP contribution in [0.25, 0.3) is 0 Å². The quantitative estimate of drug-likeness (QED) is 0.421. The van der Waals surface area contributed by atoms with Gasteiger partial charge in [-0.1, -0.05) is 42.5 Å². The maximum atomic E-state index is 12.3. The van der Waals surface area contributed by atoms with E-state index in [0.29, 0.717) is 36.9 Å². The molecule has 2 aromatic carbocycles. The average Bonchev–Trinajstić information content (AvgIpc) is 3.24. The first-order valence-electron chi connectivity index (χ1n) is 10.1. The summed E-state index contributed by atoms with van der Waals surface area (Å²) in [6.07, 6.45) is 3.04. The van der Waals surface area contributed by atoms with Gasteiger partial charge in [0.2, 0.25) is 5.91 Å². The summed E-state index contributed by atoms with van der Waals surface area (Å²) in [7, 11) is 1.56. The van der Waals surface area contributed by atoms with E-state index in [9.17, 15) is 9.59 Å². The Bertz CT molecular complexity index is 1010. The lowest BCUT2D eigenvalue weighted by Gasteiger charge is -2.12. The molecular formula is C23H26N4O5. The van der Waals surface area contributed by atoms with Crippen molar-refractivity contribution in [2.24, 2.45) is 0 Å². The van der Waals surface area contributed by atoms with Crippen LogP contribution in [0.1, 0.15) is 5.56 Å². The lowest BCUT2D eigenvalue weighted by Crippen LogP contribution is -2.30. The molecule has 1 aromatic heterocycles. The molecule has 0 spiro atoms.